The van der Waals surface area contributed by atoms with Crippen molar-refractivity contribution in [2.24, 2.45) is 0 Å². The molecule has 0 spiro atoms. The molecule has 0 N–H and O–H groups in total. The minimum Gasteiger partial charge on any atom is -0.460 e. The van der Waals surface area contributed by atoms with E-state index in [1.54, 1.807) is 0 Å². The maximum Gasteiger partial charge on any atom is 0.135 e. The molecule has 0 bridgehead atoms. The summed E-state index contributed by atoms with van der Waals surface area (Å²) in [4.78, 5) is 2.38. The summed E-state index contributed by atoms with van der Waals surface area (Å²) < 4.78 is 8.85. The molecule has 2 heterocycles. The van der Waals surface area contributed by atoms with Gasteiger partial charge in [0.25, 0.3) is 0 Å². The average Bonchev–Trinajstić information content (AvgIpc) is 3.86. The van der Waals surface area contributed by atoms with Gasteiger partial charge in [0, 0.05) is 50.8 Å². The van der Waals surface area contributed by atoms with Gasteiger partial charge in [-0.3, -0.25) is 0 Å². The molecule has 0 amide bonds. The van der Waals surface area contributed by atoms with Crippen LogP contribution in [0.5, 0.6) is 0 Å². The molecule has 11 aromatic rings. The topological polar surface area (TPSA) is 21.3 Å². The summed E-state index contributed by atoms with van der Waals surface area (Å²) in [6.45, 7) is 0. The summed E-state index contributed by atoms with van der Waals surface area (Å²) in [5, 5.41) is 6.11. The van der Waals surface area contributed by atoms with Crippen LogP contribution in [0.3, 0.4) is 0 Å². The predicted octanol–water partition coefficient (Wildman–Crippen LogP) is 16.1. The Kier molecular flexibility index (Phi) is 8.31. The molecule has 0 aliphatic heterocycles. The summed E-state index contributed by atoms with van der Waals surface area (Å²) in [5.74, 6) is 1.07. The largest absolute Gasteiger partial charge is 0.460 e. The van der Waals surface area contributed by atoms with Crippen LogP contribution in [-0.2, 0) is 6.42 Å². The van der Waals surface area contributed by atoms with Gasteiger partial charge in [0.05, 0.1) is 16.7 Å². The summed E-state index contributed by atoms with van der Waals surface area (Å²) >= 11 is 0. The first-order valence-electron chi connectivity index (χ1n) is 21.1. The molecule has 3 nitrogen and oxygen atoms in total. The van der Waals surface area contributed by atoms with Gasteiger partial charge in [0.1, 0.15) is 11.3 Å². The molecule has 9 aromatic carbocycles. The van der Waals surface area contributed by atoms with E-state index >= 15 is 0 Å². The lowest BCUT2D eigenvalue weighted by Gasteiger charge is -2.27. The maximum atomic E-state index is 6.37. The fourth-order valence-corrected chi connectivity index (χ4v) is 9.56. The molecule has 0 saturated heterocycles. The van der Waals surface area contributed by atoms with Gasteiger partial charge in [0.15, 0.2) is 0 Å². The zero-order chi connectivity index (χ0) is 40.3. The predicted molar refractivity (Wildman–Crippen MR) is 256 cm³/mol. The zero-order valence-corrected chi connectivity index (χ0v) is 33.5. The molecule has 1 aliphatic rings. The average molecular weight is 781 g/mol. The molecule has 3 heteroatoms. The SMILES string of the molecule is C1=Cc2c(oc3ccc(N(c4ccc(-c5c(-c6ccccc6)cccc5-n5c6ccccc6c6cc7ccccc7cc65)cc4)c4cccc(-c5ccccc5)c4)cc23)CC1. The van der Waals surface area contributed by atoms with Gasteiger partial charge in [-0.05, 0) is 112 Å². The molecular formula is C58H40N2O. The Morgan fingerprint density at radius 3 is 1.97 bits per heavy atom. The molecule has 0 fully saturated rings. The lowest BCUT2D eigenvalue weighted by molar-refractivity contribution is 0.546. The van der Waals surface area contributed by atoms with Gasteiger partial charge < -0.3 is 13.9 Å². The highest BCUT2D eigenvalue weighted by atomic mass is 16.3. The molecule has 1 aliphatic carbocycles. The Morgan fingerprint density at radius 1 is 0.443 bits per heavy atom. The molecule has 12 rings (SSSR count). The van der Waals surface area contributed by atoms with E-state index in [2.05, 4.69) is 228 Å². The number of aryl methyl sites for hydroxylation is 1. The van der Waals surface area contributed by atoms with Gasteiger partial charge >= 0.3 is 0 Å². The van der Waals surface area contributed by atoms with E-state index in [9.17, 15) is 0 Å². The number of allylic oxidation sites excluding steroid dienone is 1. The zero-order valence-electron chi connectivity index (χ0n) is 33.5. The van der Waals surface area contributed by atoms with Crippen LogP contribution >= 0.6 is 0 Å². The quantitative estimate of drug-likeness (QED) is 0.161. The van der Waals surface area contributed by atoms with Crippen LogP contribution in [0, 0.1) is 0 Å². The number of benzene rings is 9. The van der Waals surface area contributed by atoms with E-state index in [0.717, 1.165) is 57.9 Å². The van der Waals surface area contributed by atoms with Crippen molar-refractivity contribution in [3.05, 3.63) is 224 Å². The molecule has 61 heavy (non-hydrogen) atoms. The van der Waals surface area contributed by atoms with Crippen LogP contribution < -0.4 is 4.90 Å². The van der Waals surface area contributed by atoms with E-state index in [0.29, 0.717) is 0 Å². The lowest BCUT2D eigenvalue weighted by Crippen LogP contribution is -2.10. The number of hydrogen-bond donors (Lipinski definition) is 0. The van der Waals surface area contributed by atoms with Crippen molar-refractivity contribution in [3.8, 4) is 39.1 Å². The Bertz CT molecular complexity index is 3460. The number of rotatable bonds is 7. The van der Waals surface area contributed by atoms with Crippen molar-refractivity contribution in [1.82, 2.24) is 4.57 Å². The van der Waals surface area contributed by atoms with Crippen LogP contribution in [-0.4, -0.2) is 4.57 Å². The molecule has 0 saturated carbocycles. The molecule has 288 valence electrons. The second kappa shape index (κ2) is 14.4. The highest BCUT2D eigenvalue weighted by Gasteiger charge is 2.22. The van der Waals surface area contributed by atoms with Crippen LogP contribution in [0.4, 0.5) is 17.1 Å². The van der Waals surface area contributed by atoms with Crippen molar-refractivity contribution in [2.45, 2.75) is 12.8 Å². The first kappa shape index (κ1) is 35.1. The third-order valence-electron chi connectivity index (χ3n) is 12.4. The minimum absolute atomic E-state index is 0.928. The molecule has 0 unspecified atom stereocenters. The normalized spacial score (nSPS) is 12.4. The summed E-state index contributed by atoms with van der Waals surface area (Å²) in [5.41, 5.74) is 15.9. The standard InChI is InChI=1S/C58H40N2O/c1-3-15-39(16-4-1)42-21-13-22-46(35-42)59(47-33-34-57-52(38-47)50-24-10-12-28-56(50)61-57)45-31-29-41(30-32-45)58-48(40-17-5-2-6-18-40)25-14-27-54(58)60-53-26-11-9-23-49(53)51-36-43-19-7-8-20-44(43)37-55(51)60/h1-11,13-27,29-38H,12,28H2. The maximum absolute atomic E-state index is 6.37. The first-order valence-corrected chi connectivity index (χ1v) is 21.1. The van der Waals surface area contributed by atoms with Crippen molar-refractivity contribution < 1.29 is 4.42 Å². The van der Waals surface area contributed by atoms with E-state index in [-0.39, 0.29) is 0 Å². The lowest BCUT2D eigenvalue weighted by atomic mass is 9.92. The van der Waals surface area contributed by atoms with E-state index in [1.807, 2.05) is 0 Å². The van der Waals surface area contributed by atoms with E-state index in [1.165, 1.54) is 66.0 Å². The Balaban J connectivity index is 1.06. The number of para-hydroxylation sites is 1. The van der Waals surface area contributed by atoms with Crippen LogP contribution in [0.1, 0.15) is 17.7 Å². The Hall–Kier alpha value is -7.88. The third-order valence-corrected chi connectivity index (χ3v) is 12.4. The third kappa shape index (κ3) is 5.97. The monoisotopic (exact) mass is 780 g/mol. The van der Waals surface area contributed by atoms with Gasteiger partial charge in [-0.15, -0.1) is 0 Å². The fourth-order valence-electron chi connectivity index (χ4n) is 9.56. The van der Waals surface area contributed by atoms with Crippen molar-refractivity contribution in [3.63, 3.8) is 0 Å². The highest BCUT2D eigenvalue weighted by Crippen LogP contribution is 2.45. The Morgan fingerprint density at radius 2 is 1.13 bits per heavy atom. The highest BCUT2D eigenvalue weighted by molar-refractivity contribution is 6.14. The Labute approximate surface area is 354 Å². The van der Waals surface area contributed by atoms with Crippen LogP contribution in [0.2, 0.25) is 0 Å². The fraction of sp³-hybridized carbons (Fsp3) is 0.0345. The number of aromatic nitrogens is 1. The number of anilines is 3. The van der Waals surface area contributed by atoms with E-state index < -0.39 is 0 Å². The smallest absolute Gasteiger partial charge is 0.135 e. The molecular weight excluding hydrogens is 741 g/mol. The number of fused-ring (bicyclic) bond motifs is 7. The number of nitrogens with zero attached hydrogens (tertiary/aromatic N) is 2. The number of hydrogen-bond acceptors (Lipinski definition) is 2. The minimum atomic E-state index is 0.928. The molecule has 0 atom stereocenters. The van der Waals surface area contributed by atoms with E-state index in [4.69, 9.17) is 4.42 Å². The molecule has 2 aromatic heterocycles. The van der Waals surface area contributed by atoms with Crippen molar-refractivity contribution >= 4 is 66.7 Å². The van der Waals surface area contributed by atoms with Crippen LogP contribution in [0.25, 0.3) is 88.7 Å². The second-order valence-corrected chi connectivity index (χ2v) is 16.0. The summed E-state index contributed by atoms with van der Waals surface area (Å²) in [6.07, 6.45) is 6.42. The van der Waals surface area contributed by atoms with Crippen molar-refractivity contribution in [1.29, 1.82) is 0 Å². The first-order chi connectivity index (χ1) is 30.2. The molecule has 0 radical (unpaired) electrons. The van der Waals surface area contributed by atoms with Gasteiger partial charge in [-0.2, -0.15) is 0 Å². The van der Waals surface area contributed by atoms with Gasteiger partial charge in [0.2, 0.25) is 0 Å². The second-order valence-electron chi connectivity index (χ2n) is 16.0. The van der Waals surface area contributed by atoms with Gasteiger partial charge in [-0.1, -0.05) is 152 Å². The number of furan rings is 1. The summed E-state index contributed by atoms with van der Waals surface area (Å²) in [6, 6.07) is 75.1. The van der Waals surface area contributed by atoms with Crippen molar-refractivity contribution in [2.75, 3.05) is 4.90 Å². The van der Waals surface area contributed by atoms with Gasteiger partial charge in [-0.25, -0.2) is 0 Å². The van der Waals surface area contributed by atoms with Crippen LogP contribution in [0.15, 0.2) is 217 Å². The summed E-state index contributed by atoms with van der Waals surface area (Å²) in [7, 11) is 0.